The molecular weight excluding hydrogens is 327 g/mol. The highest BCUT2D eigenvalue weighted by atomic mass is 19.1. The van der Waals surface area contributed by atoms with E-state index in [1.165, 1.54) is 13.0 Å². The number of nitrogens with zero attached hydrogens (tertiary/aromatic N) is 1. The van der Waals surface area contributed by atoms with Crippen LogP contribution in [0.2, 0.25) is 0 Å². The van der Waals surface area contributed by atoms with Gasteiger partial charge < -0.3 is 16.0 Å². The molecule has 0 saturated carbocycles. The van der Waals surface area contributed by atoms with E-state index in [1.807, 2.05) is 4.90 Å². The Morgan fingerprint density at radius 3 is 2.72 bits per heavy atom. The van der Waals surface area contributed by atoms with E-state index in [1.54, 1.807) is 18.2 Å². The number of piperazine rings is 1. The molecule has 0 bridgehead atoms. The molecule has 1 aliphatic heterocycles. The molecule has 2 rings (SSSR count). The van der Waals surface area contributed by atoms with Crippen molar-refractivity contribution in [2.45, 2.75) is 25.9 Å². The van der Waals surface area contributed by atoms with Gasteiger partial charge in [0.05, 0.1) is 12.5 Å². The van der Waals surface area contributed by atoms with Crippen molar-refractivity contribution in [2.24, 2.45) is 0 Å². The minimum Gasteiger partial charge on any atom is -0.355 e. The number of hydrogen-bond acceptors (Lipinski definition) is 4. The summed E-state index contributed by atoms with van der Waals surface area (Å²) in [6, 6.07) is 5.76. The molecule has 0 aliphatic carbocycles. The van der Waals surface area contributed by atoms with Gasteiger partial charge in [-0.3, -0.25) is 19.3 Å². The summed E-state index contributed by atoms with van der Waals surface area (Å²) >= 11 is 0. The van der Waals surface area contributed by atoms with Gasteiger partial charge >= 0.3 is 0 Å². The molecular formula is C17H23FN4O3. The van der Waals surface area contributed by atoms with Crippen LogP contribution in [0, 0.1) is 5.82 Å². The third-order valence-corrected chi connectivity index (χ3v) is 3.97. The summed E-state index contributed by atoms with van der Waals surface area (Å²) in [6.07, 6.45) is -0.0135. The molecule has 0 spiro atoms. The van der Waals surface area contributed by atoms with E-state index in [-0.39, 0.29) is 36.5 Å². The molecule has 1 saturated heterocycles. The Morgan fingerprint density at radius 1 is 1.28 bits per heavy atom. The molecule has 1 aliphatic rings. The van der Waals surface area contributed by atoms with Crippen LogP contribution in [-0.4, -0.2) is 54.8 Å². The van der Waals surface area contributed by atoms with Crippen LogP contribution in [-0.2, 0) is 20.9 Å². The SMILES string of the molecule is CC(=O)NCCNC(=O)C[C@@H]1C(=O)NCCN1Cc1ccccc1F. The maximum Gasteiger partial charge on any atom is 0.237 e. The molecule has 0 radical (unpaired) electrons. The highest BCUT2D eigenvalue weighted by Gasteiger charge is 2.31. The first kappa shape index (κ1) is 18.9. The van der Waals surface area contributed by atoms with Crippen LogP contribution in [0.4, 0.5) is 4.39 Å². The monoisotopic (exact) mass is 350 g/mol. The van der Waals surface area contributed by atoms with Crippen molar-refractivity contribution in [2.75, 3.05) is 26.2 Å². The average molecular weight is 350 g/mol. The van der Waals surface area contributed by atoms with Gasteiger partial charge in [0.2, 0.25) is 17.7 Å². The molecule has 136 valence electrons. The Labute approximate surface area is 145 Å². The summed E-state index contributed by atoms with van der Waals surface area (Å²) < 4.78 is 13.9. The third kappa shape index (κ3) is 5.82. The molecule has 1 aromatic carbocycles. The molecule has 8 heteroatoms. The zero-order valence-corrected chi connectivity index (χ0v) is 14.2. The van der Waals surface area contributed by atoms with E-state index in [9.17, 15) is 18.8 Å². The molecule has 1 heterocycles. The first-order valence-electron chi connectivity index (χ1n) is 8.23. The van der Waals surface area contributed by atoms with Gasteiger partial charge in [0, 0.05) is 45.2 Å². The van der Waals surface area contributed by atoms with Gasteiger partial charge in [-0.1, -0.05) is 18.2 Å². The van der Waals surface area contributed by atoms with Gasteiger partial charge in [-0.05, 0) is 6.07 Å². The number of halogens is 1. The highest BCUT2D eigenvalue weighted by molar-refractivity contribution is 5.88. The smallest absolute Gasteiger partial charge is 0.237 e. The van der Waals surface area contributed by atoms with Crippen LogP contribution in [0.3, 0.4) is 0 Å². The Balaban J connectivity index is 1.92. The number of hydrogen-bond donors (Lipinski definition) is 3. The highest BCUT2D eigenvalue weighted by Crippen LogP contribution is 2.16. The van der Waals surface area contributed by atoms with E-state index in [0.717, 1.165) is 0 Å². The van der Waals surface area contributed by atoms with Crippen molar-refractivity contribution in [3.05, 3.63) is 35.6 Å². The van der Waals surface area contributed by atoms with E-state index in [0.29, 0.717) is 31.7 Å². The molecule has 1 fully saturated rings. The van der Waals surface area contributed by atoms with Crippen molar-refractivity contribution in [1.29, 1.82) is 0 Å². The third-order valence-electron chi connectivity index (χ3n) is 3.97. The summed E-state index contributed by atoms with van der Waals surface area (Å²) in [5.74, 6) is -1.02. The first-order chi connectivity index (χ1) is 12.0. The van der Waals surface area contributed by atoms with Crippen LogP contribution in [0.25, 0.3) is 0 Å². The fourth-order valence-corrected chi connectivity index (χ4v) is 2.71. The topological polar surface area (TPSA) is 90.5 Å². The molecule has 1 atom stereocenters. The van der Waals surface area contributed by atoms with Crippen molar-refractivity contribution in [3.8, 4) is 0 Å². The first-order valence-corrected chi connectivity index (χ1v) is 8.23. The van der Waals surface area contributed by atoms with Gasteiger partial charge in [0.15, 0.2) is 0 Å². The zero-order valence-electron chi connectivity index (χ0n) is 14.2. The molecule has 3 N–H and O–H groups in total. The van der Waals surface area contributed by atoms with Crippen molar-refractivity contribution in [1.82, 2.24) is 20.9 Å². The molecule has 0 unspecified atom stereocenters. The molecule has 0 aromatic heterocycles. The lowest BCUT2D eigenvalue weighted by atomic mass is 10.1. The lowest BCUT2D eigenvalue weighted by Crippen LogP contribution is -2.56. The molecule has 1 aromatic rings. The van der Waals surface area contributed by atoms with Gasteiger partial charge in [-0.25, -0.2) is 4.39 Å². The Morgan fingerprint density at radius 2 is 2.00 bits per heavy atom. The lowest BCUT2D eigenvalue weighted by Gasteiger charge is -2.34. The van der Waals surface area contributed by atoms with Gasteiger partial charge in [0.25, 0.3) is 0 Å². The molecule has 3 amide bonds. The van der Waals surface area contributed by atoms with Crippen molar-refractivity contribution in [3.63, 3.8) is 0 Å². The minimum atomic E-state index is -0.644. The Bertz CT molecular complexity index is 638. The summed E-state index contributed by atoms with van der Waals surface area (Å²) in [6.45, 7) is 3.30. The fourth-order valence-electron chi connectivity index (χ4n) is 2.71. The van der Waals surface area contributed by atoms with Crippen LogP contribution in [0.15, 0.2) is 24.3 Å². The Kier molecular flexibility index (Phi) is 6.88. The van der Waals surface area contributed by atoms with Crippen LogP contribution in [0.5, 0.6) is 0 Å². The standard InChI is InChI=1S/C17H23FN4O3/c1-12(23)19-6-7-20-16(24)10-15-17(25)21-8-9-22(15)11-13-4-2-3-5-14(13)18/h2-5,15H,6-11H2,1H3,(H,19,23)(H,20,24)(H,21,25)/t15-/m1/s1. The molecule has 25 heavy (non-hydrogen) atoms. The minimum absolute atomic E-state index is 0.0135. The van der Waals surface area contributed by atoms with E-state index in [2.05, 4.69) is 16.0 Å². The average Bonchev–Trinajstić information content (AvgIpc) is 2.56. The molecule has 7 nitrogen and oxygen atoms in total. The van der Waals surface area contributed by atoms with Gasteiger partial charge in [0.1, 0.15) is 5.82 Å². The second-order valence-electron chi connectivity index (χ2n) is 5.91. The van der Waals surface area contributed by atoms with Crippen molar-refractivity contribution >= 4 is 17.7 Å². The largest absolute Gasteiger partial charge is 0.355 e. The zero-order chi connectivity index (χ0) is 18.2. The fraction of sp³-hybridized carbons (Fsp3) is 0.471. The number of amides is 3. The quantitative estimate of drug-likeness (QED) is 0.593. The summed E-state index contributed by atoms with van der Waals surface area (Å²) in [5.41, 5.74) is 0.494. The number of rotatable bonds is 7. The van der Waals surface area contributed by atoms with Crippen LogP contribution < -0.4 is 16.0 Å². The number of nitrogens with one attached hydrogen (secondary N) is 3. The van der Waals surface area contributed by atoms with Crippen LogP contribution >= 0.6 is 0 Å². The summed E-state index contributed by atoms with van der Waals surface area (Å²) in [7, 11) is 0. The second kappa shape index (κ2) is 9.12. The van der Waals surface area contributed by atoms with E-state index < -0.39 is 6.04 Å². The number of benzene rings is 1. The predicted octanol–water partition coefficient (Wildman–Crippen LogP) is -0.231. The number of carbonyl (C=O) groups excluding carboxylic acids is 3. The van der Waals surface area contributed by atoms with E-state index >= 15 is 0 Å². The van der Waals surface area contributed by atoms with Gasteiger partial charge in [-0.2, -0.15) is 0 Å². The van der Waals surface area contributed by atoms with E-state index in [4.69, 9.17) is 0 Å². The second-order valence-corrected chi connectivity index (χ2v) is 5.91. The van der Waals surface area contributed by atoms with Crippen LogP contribution in [0.1, 0.15) is 18.9 Å². The summed E-state index contributed by atoms with van der Waals surface area (Å²) in [4.78, 5) is 36.8. The summed E-state index contributed by atoms with van der Waals surface area (Å²) in [5, 5.41) is 7.98. The predicted molar refractivity (Wildman–Crippen MR) is 89.9 cm³/mol. The maximum absolute atomic E-state index is 13.9. The lowest BCUT2D eigenvalue weighted by molar-refractivity contribution is -0.134. The maximum atomic E-state index is 13.9. The van der Waals surface area contributed by atoms with Gasteiger partial charge in [-0.15, -0.1) is 0 Å². The van der Waals surface area contributed by atoms with Crippen molar-refractivity contribution < 1.29 is 18.8 Å². The number of carbonyl (C=O) groups is 3. The Hall–Kier alpha value is -2.48. The normalized spacial score (nSPS) is 17.7.